The zero-order valence-electron chi connectivity index (χ0n) is 15.7. The molecule has 3 amide bonds. The van der Waals surface area contributed by atoms with Crippen molar-refractivity contribution in [1.29, 1.82) is 0 Å². The highest BCUT2D eigenvalue weighted by molar-refractivity contribution is 5.94. The number of rotatable bonds is 9. The second-order valence-electron chi connectivity index (χ2n) is 7.35. The van der Waals surface area contributed by atoms with Gasteiger partial charge in [-0.3, -0.25) is 10.1 Å². The molecule has 0 bridgehead atoms. The van der Waals surface area contributed by atoms with Crippen LogP contribution in [-0.2, 0) is 11.2 Å². The Balaban J connectivity index is 1.84. The van der Waals surface area contributed by atoms with Gasteiger partial charge >= 0.3 is 6.03 Å². The van der Waals surface area contributed by atoms with Gasteiger partial charge in [0.2, 0.25) is 0 Å². The first-order valence-electron chi connectivity index (χ1n) is 9.52. The zero-order valence-corrected chi connectivity index (χ0v) is 15.7. The minimum atomic E-state index is -0.373. The summed E-state index contributed by atoms with van der Waals surface area (Å²) in [5.41, 5.74) is 2.59. The molecule has 0 aliphatic heterocycles. The van der Waals surface area contributed by atoms with Crippen molar-refractivity contribution in [2.45, 2.75) is 65.0 Å². The molecule has 2 rings (SSSR count). The fraction of sp³-hybridized carbons (Fsp3) is 0.600. The molecular formula is C20H32N3O2+. The van der Waals surface area contributed by atoms with Crippen LogP contribution >= 0.6 is 0 Å². The quantitative estimate of drug-likeness (QED) is 0.642. The predicted octanol–water partition coefficient (Wildman–Crippen LogP) is 2.28. The average Bonchev–Trinajstić information content (AvgIpc) is 3.37. The van der Waals surface area contributed by atoms with Crippen molar-refractivity contribution >= 4 is 11.9 Å². The summed E-state index contributed by atoms with van der Waals surface area (Å²) in [7, 11) is 0. The molecular weight excluding hydrogens is 314 g/mol. The van der Waals surface area contributed by atoms with Crippen LogP contribution in [-0.4, -0.2) is 24.5 Å². The third-order valence-electron chi connectivity index (χ3n) is 4.62. The number of quaternary nitrogens is 1. The maximum Gasteiger partial charge on any atom is 0.321 e. The summed E-state index contributed by atoms with van der Waals surface area (Å²) >= 11 is 0. The standard InChI is InChI=1S/C20H31N3O2/c1-4-5-6-15-7-9-16(10-8-15)19(14(2)3)21-13-18(24)23-20(25)22-17-11-12-17/h7-10,14,17,19,21H,4-6,11-13H2,1-3H3,(H2,22,23,24,25)/p+1/t19-/m0/s1. The van der Waals surface area contributed by atoms with E-state index < -0.39 is 0 Å². The molecule has 1 atom stereocenters. The van der Waals surface area contributed by atoms with E-state index in [2.05, 4.69) is 55.7 Å². The summed E-state index contributed by atoms with van der Waals surface area (Å²) in [5.74, 6) is 0.151. The lowest BCUT2D eigenvalue weighted by Gasteiger charge is -2.19. The number of unbranched alkanes of at least 4 members (excludes halogenated alkanes) is 1. The first-order chi connectivity index (χ1) is 12.0. The van der Waals surface area contributed by atoms with Crippen molar-refractivity contribution in [3.05, 3.63) is 35.4 Å². The first-order valence-corrected chi connectivity index (χ1v) is 9.52. The molecule has 25 heavy (non-hydrogen) atoms. The van der Waals surface area contributed by atoms with Gasteiger partial charge in [0.05, 0.1) is 0 Å². The van der Waals surface area contributed by atoms with Gasteiger partial charge in [-0.1, -0.05) is 51.5 Å². The molecule has 1 saturated carbocycles. The molecule has 0 spiro atoms. The van der Waals surface area contributed by atoms with Gasteiger partial charge in [-0.25, -0.2) is 4.79 Å². The fourth-order valence-corrected chi connectivity index (χ4v) is 2.94. The molecule has 1 aliphatic rings. The maximum atomic E-state index is 12.0. The van der Waals surface area contributed by atoms with Crippen LogP contribution in [0, 0.1) is 5.92 Å². The summed E-state index contributed by atoms with van der Waals surface area (Å²) in [4.78, 5) is 23.6. The Labute approximate surface area is 151 Å². The molecule has 0 aromatic heterocycles. The summed E-state index contributed by atoms with van der Waals surface area (Å²) in [6.07, 6.45) is 5.55. The number of amides is 3. The summed E-state index contributed by atoms with van der Waals surface area (Å²) in [6, 6.07) is 8.81. The Morgan fingerprint density at radius 2 is 1.88 bits per heavy atom. The number of nitrogens with one attached hydrogen (secondary N) is 2. The number of carbonyl (C=O) groups excluding carboxylic acids is 2. The van der Waals surface area contributed by atoms with Gasteiger partial charge in [0.15, 0.2) is 6.54 Å². The topological polar surface area (TPSA) is 74.8 Å². The highest BCUT2D eigenvalue weighted by Gasteiger charge is 2.25. The summed E-state index contributed by atoms with van der Waals surface area (Å²) < 4.78 is 0. The van der Waals surface area contributed by atoms with Gasteiger partial charge < -0.3 is 10.6 Å². The molecule has 1 aromatic rings. The van der Waals surface area contributed by atoms with E-state index in [1.807, 2.05) is 5.32 Å². The van der Waals surface area contributed by atoms with E-state index in [1.54, 1.807) is 0 Å². The fourth-order valence-electron chi connectivity index (χ4n) is 2.94. The number of urea groups is 1. The van der Waals surface area contributed by atoms with Crippen LogP contribution in [0.15, 0.2) is 24.3 Å². The lowest BCUT2D eigenvalue weighted by Crippen LogP contribution is -2.88. The van der Waals surface area contributed by atoms with Crippen LogP contribution in [0.1, 0.15) is 63.6 Å². The van der Waals surface area contributed by atoms with Crippen molar-refractivity contribution < 1.29 is 14.9 Å². The zero-order chi connectivity index (χ0) is 18.2. The minimum Gasteiger partial charge on any atom is -0.335 e. The van der Waals surface area contributed by atoms with Gasteiger partial charge in [-0.05, 0) is 31.2 Å². The van der Waals surface area contributed by atoms with Crippen molar-refractivity contribution in [3.63, 3.8) is 0 Å². The van der Waals surface area contributed by atoms with Gasteiger partial charge in [-0.15, -0.1) is 0 Å². The molecule has 0 unspecified atom stereocenters. The Hall–Kier alpha value is -1.88. The Morgan fingerprint density at radius 3 is 2.44 bits per heavy atom. The number of carbonyl (C=O) groups is 2. The second-order valence-corrected chi connectivity index (χ2v) is 7.35. The third-order valence-corrected chi connectivity index (χ3v) is 4.62. The normalized spacial score (nSPS) is 15.0. The van der Waals surface area contributed by atoms with Gasteiger partial charge in [0.25, 0.3) is 5.91 Å². The molecule has 0 saturated heterocycles. The number of aryl methyl sites for hydroxylation is 1. The lowest BCUT2D eigenvalue weighted by atomic mass is 9.94. The van der Waals surface area contributed by atoms with Crippen LogP contribution in [0.3, 0.4) is 0 Å². The highest BCUT2D eigenvalue weighted by Crippen LogP contribution is 2.19. The molecule has 1 aromatic carbocycles. The molecule has 5 heteroatoms. The number of hydrogen-bond acceptors (Lipinski definition) is 2. The second kappa shape index (κ2) is 9.56. The number of nitrogens with two attached hydrogens (primary N) is 1. The van der Waals surface area contributed by atoms with E-state index >= 15 is 0 Å². The molecule has 1 fully saturated rings. The largest absolute Gasteiger partial charge is 0.335 e. The van der Waals surface area contributed by atoms with Crippen molar-refractivity contribution in [1.82, 2.24) is 10.6 Å². The first kappa shape index (κ1) is 19.4. The van der Waals surface area contributed by atoms with Crippen LogP contribution in [0.5, 0.6) is 0 Å². The minimum absolute atomic E-state index is 0.206. The maximum absolute atomic E-state index is 12.0. The number of benzene rings is 1. The number of imide groups is 1. The monoisotopic (exact) mass is 346 g/mol. The molecule has 0 heterocycles. The summed E-state index contributed by atoms with van der Waals surface area (Å²) in [5, 5.41) is 7.19. The average molecular weight is 346 g/mol. The highest BCUT2D eigenvalue weighted by atomic mass is 16.2. The van der Waals surface area contributed by atoms with E-state index in [4.69, 9.17) is 0 Å². The van der Waals surface area contributed by atoms with E-state index in [0.29, 0.717) is 5.92 Å². The Morgan fingerprint density at radius 1 is 1.20 bits per heavy atom. The van der Waals surface area contributed by atoms with Crippen LogP contribution in [0.2, 0.25) is 0 Å². The van der Waals surface area contributed by atoms with Gasteiger partial charge in [0.1, 0.15) is 6.04 Å². The van der Waals surface area contributed by atoms with Crippen molar-refractivity contribution in [2.75, 3.05) is 6.54 Å². The molecule has 4 N–H and O–H groups in total. The van der Waals surface area contributed by atoms with E-state index in [0.717, 1.165) is 19.3 Å². The summed E-state index contributed by atoms with van der Waals surface area (Å²) in [6.45, 7) is 6.76. The Kier molecular flexibility index (Phi) is 7.44. The van der Waals surface area contributed by atoms with Gasteiger partial charge in [0, 0.05) is 17.5 Å². The van der Waals surface area contributed by atoms with Crippen LogP contribution < -0.4 is 16.0 Å². The lowest BCUT2D eigenvalue weighted by molar-refractivity contribution is -0.692. The van der Waals surface area contributed by atoms with Crippen LogP contribution in [0.25, 0.3) is 0 Å². The van der Waals surface area contributed by atoms with E-state index in [1.165, 1.54) is 24.0 Å². The molecule has 138 valence electrons. The third kappa shape index (κ3) is 6.86. The van der Waals surface area contributed by atoms with E-state index in [-0.39, 0.29) is 30.6 Å². The van der Waals surface area contributed by atoms with E-state index in [9.17, 15) is 9.59 Å². The molecule has 5 nitrogen and oxygen atoms in total. The van der Waals surface area contributed by atoms with Crippen LogP contribution in [0.4, 0.5) is 4.79 Å². The molecule has 0 radical (unpaired) electrons. The predicted molar refractivity (Wildman–Crippen MR) is 99.1 cm³/mol. The van der Waals surface area contributed by atoms with Gasteiger partial charge in [-0.2, -0.15) is 0 Å². The van der Waals surface area contributed by atoms with Crippen molar-refractivity contribution in [2.24, 2.45) is 5.92 Å². The van der Waals surface area contributed by atoms with Crippen molar-refractivity contribution in [3.8, 4) is 0 Å². The SMILES string of the molecule is CCCCc1ccc([C@@H]([NH2+]CC(=O)NC(=O)NC2CC2)C(C)C)cc1. The Bertz CT molecular complexity index is 565. The molecule has 1 aliphatic carbocycles. The smallest absolute Gasteiger partial charge is 0.321 e. The number of hydrogen-bond donors (Lipinski definition) is 3.